The van der Waals surface area contributed by atoms with Crippen LogP contribution in [-0.2, 0) is 14.3 Å². The zero-order valence-electron chi connectivity index (χ0n) is 18.3. The molecule has 2 unspecified atom stereocenters. The molecule has 0 bridgehead atoms. The van der Waals surface area contributed by atoms with Crippen LogP contribution in [0.4, 0.5) is 16.3 Å². The molecule has 32 heavy (non-hydrogen) atoms. The minimum absolute atomic E-state index is 0.188. The molecule has 0 radical (unpaired) electrons. The minimum atomic E-state index is -1.35. The van der Waals surface area contributed by atoms with E-state index in [9.17, 15) is 19.7 Å². The second kappa shape index (κ2) is 10.4. The smallest absolute Gasteiger partial charge is 0.408 e. The maximum absolute atomic E-state index is 12.7. The average Bonchev–Trinajstić information content (AvgIpc) is 2.74. The van der Waals surface area contributed by atoms with Gasteiger partial charge in [0, 0.05) is 18.3 Å². The lowest BCUT2D eigenvalue weighted by Gasteiger charge is -2.28. The lowest BCUT2D eigenvalue weighted by atomic mass is 10.0. The van der Waals surface area contributed by atoms with Crippen molar-refractivity contribution in [2.75, 3.05) is 19.5 Å². The second-order valence-electron chi connectivity index (χ2n) is 7.50. The summed E-state index contributed by atoms with van der Waals surface area (Å²) in [6.07, 6.45) is 0.488. The zero-order chi connectivity index (χ0) is 23.9. The Balaban J connectivity index is 2.53. The fraction of sp³-hybridized carbons (Fsp3) is 0.400. The molecule has 0 fully saturated rings. The van der Waals surface area contributed by atoms with E-state index in [4.69, 9.17) is 14.2 Å². The second-order valence-corrected chi connectivity index (χ2v) is 7.50. The predicted molar refractivity (Wildman–Crippen MR) is 113 cm³/mol. The van der Waals surface area contributed by atoms with Gasteiger partial charge in [0.15, 0.2) is 6.04 Å². The van der Waals surface area contributed by atoms with Crippen LogP contribution in [0.25, 0.3) is 0 Å². The van der Waals surface area contributed by atoms with Crippen molar-refractivity contribution in [3.05, 3.63) is 52.3 Å². The number of nitrogens with one attached hydrogen (secondary N) is 2. The number of amides is 1. The van der Waals surface area contributed by atoms with Gasteiger partial charge in [0.2, 0.25) is 11.7 Å². The Morgan fingerprint density at radius 1 is 1.16 bits per heavy atom. The molecule has 0 spiro atoms. The third-order valence-electron chi connectivity index (χ3n) is 4.01. The molecule has 0 saturated carbocycles. The summed E-state index contributed by atoms with van der Waals surface area (Å²) in [5, 5.41) is 16.7. The standard InChI is InChI=1S/C20H25N5O7/c1-20(2,3)32-19(27)24-15(12-8-6-10-14(22-12)30-4)16(18(26)31-5)23-17-13(25(28)29)9-7-11-21-17/h6-11,15-16H,1-5H3,(H,21,23)(H,24,27). The van der Waals surface area contributed by atoms with Crippen LogP contribution in [0, 0.1) is 10.1 Å². The Labute approximate surface area is 184 Å². The molecule has 2 N–H and O–H groups in total. The van der Waals surface area contributed by atoms with E-state index in [1.165, 1.54) is 25.4 Å². The van der Waals surface area contributed by atoms with E-state index in [-0.39, 0.29) is 23.1 Å². The highest BCUT2D eigenvalue weighted by Crippen LogP contribution is 2.26. The number of nitrogens with zero attached hydrogens (tertiary/aromatic N) is 3. The maximum Gasteiger partial charge on any atom is 0.408 e. The van der Waals surface area contributed by atoms with Crippen LogP contribution >= 0.6 is 0 Å². The highest BCUT2D eigenvalue weighted by molar-refractivity contribution is 5.82. The topological polar surface area (TPSA) is 155 Å². The number of ether oxygens (including phenoxy) is 3. The first kappa shape index (κ1) is 24.3. The van der Waals surface area contributed by atoms with Crippen LogP contribution in [0.5, 0.6) is 5.88 Å². The highest BCUT2D eigenvalue weighted by Gasteiger charge is 2.36. The lowest BCUT2D eigenvalue weighted by molar-refractivity contribution is -0.384. The van der Waals surface area contributed by atoms with Crippen LogP contribution in [0.2, 0.25) is 0 Å². The number of carbonyl (C=O) groups is 2. The number of carbonyl (C=O) groups excluding carboxylic acids is 2. The molecule has 12 nitrogen and oxygen atoms in total. The summed E-state index contributed by atoms with van der Waals surface area (Å²) < 4.78 is 15.3. The maximum atomic E-state index is 12.7. The van der Waals surface area contributed by atoms with E-state index < -0.39 is 34.7 Å². The molecular weight excluding hydrogens is 422 g/mol. The van der Waals surface area contributed by atoms with Crippen molar-refractivity contribution in [3.8, 4) is 5.88 Å². The van der Waals surface area contributed by atoms with E-state index in [2.05, 4.69) is 20.6 Å². The summed E-state index contributed by atoms with van der Waals surface area (Å²) in [5.41, 5.74) is -0.961. The Morgan fingerprint density at radius 3 is 2.47 bits per heavy atom. The summed E-state index contributed by atoms with van der Waals surface area (Å²) in [6.45, 7) is 5.04. The number of nitro groups is 1. The van der Waals surface area contributed by atoms with Crippen molar-refractivity contribution < 1.29 is 28.7 Å². The molecular formula is C20H25N5O7. The number of anilines is 1. The van der Waals surface area contributed by atoms with Crippen LogP contribution in [-0.4, -0.2) is 52.8 Å². The Hall–Kier alpha value is -3.96. The molecule has 12 heteroatoms. The lowest BCUT2D eigenvalue weighted by Crippen LogP contribution is -2.47. The van der Waals surface area contributed by atoms with Crippen LogP contribution in [0.15, 0.2) is 36.5 Å². The molecule has 0 aromatic carbocycles. The van der Waals surface area contributed by atoms with Gasteiger partial charge in [-0.1, -0.05) is 6.07 Å². The molecule has 2 atom stereocenters. The zero-order valence-corrected chi connectivity index (χ0v) is 18.3. The van der Waals surface area contributed by atoms with Gasteiger partial charge in [-0.25, -0.2) is 19.6 Å². The normalized spacial score (nSPS) is 12.8. The summed E-state index contributed by atoms with van der Waals surface area (Å²) in [4.78, 5) is 44.2. The van der Waals surface area contributed by atoms with Gasteiger partial charge in [-0.3, -0.25) is 10.1 Å². The monoisotopic (exact) mass is 447 g/mol. The number of esters is 1. The first-order valence-electron chi connectivity index (χ1n) is 9.50. The van der Waals surface area contributed by atoms with Gasteiger partial charge >= 0.3 is 17.7 Å². The van der Waals surface area contributed by atoms with Crippen molar-refractivity contribution in [1.82, 2.24) is 15.3 Å². The summed E-state index contributed by atoms with van der Waals surface area (Å²) in [5.74, 6) is -0.784. The SMILES string of the molecule is COC(=O)C(Nc1ncccc1[N+](=O)[O-])C(NC(=O)OC(C)(C)C)c1cccc(OC)n1. The molecule has 0 aliphatic carbocycles. The number of rotatable bonds is 8. The molecule has 172 valence electrons. The quantitative estimate of drug-likeness (QED) is 0.350. The Kier molecular flexibility index (Phi) is 7.88. The Bertz CT molecular complexity index is 977. The van der Waals surface area contributed by atoms with Crippen LogP contribution in [0.1, 0.15) is 32.5 Å². The molecule has 2 aromatic rings. The molecule has 2 heterocycles. The number of pyridine rings is 2. The van der Waals surface area contributed by atoms with Crippen molar-refractivity contribution in [2.45, 2.75) is 38.5 Å². The van der Waals surface area contributed by atoms with Gasteiger partial charge in [-0.15, -0.1) is 0 Å². The minimum Gasteiger partial charge on any atom is -0.481 e. The molecule has 0 saturated heterocycles. The van der Waals surface area contributed by atoms with E-state index in [0.29, 0.717) is 0 Å². The molecule has 2 rings (SSSR count). The van der Waals surface area contributed by atoms with Crippen molar-refractivity contribution in [2.24, 2.45) is 0 Å². The van der Waals surface area contributed by atoms with E-state index in [1.807, 2.05) is 0 Å². The number of hydrogen-bond acceptors (Lipinski definition) is 10. The number of methoxy groups -OCH3 is 2. The largest absolute Gasteiger partial charge is 0.481 e. The van der Waals surface area contributed by atoms with Gasteiger partial charge in [-0.05, 0) is 32.9 Å². The first-order chi connectivity index (χ1) is 15.1. The molecule has 1 amide bonds. The van der Waals surface area contributed by atoms with E-state index in [1.54, 1.807) is 39.0 Å². The van der Waals surface area contributed by atoms with Crippen molar-refractivity contribution in [3.63, 3.8) is 0 Å². The molecule has 0 aliphatic rings. The summed E-state index contributed by atoms with van der Waals surface area (Å²) >= 11 is 0. The predicted octanol–water partition coefficient (Wildman–Crippen LogP) is 2.61. The van der Waals surface area contributed by atoms with Crippen molar-refractivity contribution >= 4 is 23.6 Å². The van der Waals surface area contributed by atoms with Gasteiger partial charge in [0.25, 0.3) is 0 Å². The third kappa shape index (κ3) is 6.52. The number of hydrogen-bond donors (Lipinski definition) is 2. The third-order valence-corrected chi connectivity index (χ3v) is 4.01. The summed E-state index contributed by atoms with van der Waals surface area (Å²) in [6, 6.07) is 4.85. The molecule has 2 aromatic heterocycles. The average molecular weight is 447 g/mol. The van der Waals surface area contributed by atoms with Gasteiger partial charge in [0.1, 0.15) is 11.6 Å². The number of alkyl carbamates (subject to hydrolysis) is 1. The van der Waals surface area contributed by atoms with E-state index in [0.717, 1.165) is 7.11 Å². The Morgan fingerprint density at radius 2 is 1.88 bits per heavy atom. The fourth-order valence-corrected chi connectivity index (χ4v) is 2.69. The van der Waals surface area contributed by atoms with Gasteiger partial charge in [-0.2, -0.15) is 0 Å². The highest BCUT2D eigenvalue weighted by atomic mass is 16.6. The van der Waals surface area contributed by atoms with Gasteiger partial charge < -0.3 is 24.8 Å². The van der Waals surface area contributed by atoms with Gasteiger partial charge in [0.05, 0.1) is 24.8 Å². The van der Waals surface area contributed by atoms with Crippen molar-refractivity contribution in [1.29, 1.82) is 0 Å². The first-order valence-corrected chi connectivity index (χ1v) is 9.50. The van der Waals surface area contributed by atoms with Crippen LogP contribution in [0.3, 0.4) is 0 Å². The molecule has 0 aliphatic heterocycles. The fourth-order valence-electron chi connectivity index (χ4n) is 2.69. The van der Waals surface area contributed by atoms with E-state index >= 15 is 0 Å². The number of aromatic nitrogens is 2. The van der Waals surface area contributed by atoms with Crippen LogP contribution < -0.4 is 15.4 Å². The summed E-state index contributed by atoms with van der Waals surface area (Å²) in [7, 11) is 2.56.